The number of thioether (sulfide) groups is 1. The molecule has 1 amide bonds. The van der Waals surface area contributed by atoms with Crippen molar-refractivity contribution in [3.63, 3.8) is 0 Å². The summed E-state index contributed by atoms with van der Waals surface area (Å²) in [5.74, 6) is -0.770. The monoisotopic (exact) mass is 246 g/mol. The molecule has 92 valence electrons. The highest BCUT2D eigenvalue weighted by Crippen LogP contribution is 2.29. The van der Waals surface area contributed by atoms with Crippen molar-refractivity contribution in [1.82, 2.24) is 4.90 Å². The second kappa shape index (κ2) is 5.05. The van der Waals surface area contributed by atoms with Gasteiger partial charge in [-0.05, 0) is 12.8 Å². The second-order valence-corrected chi connectivity index (χ2v) is 5.65. The average molecular weight is 246 g/mol. The summed E-state index contributed by atoms with van der Waals surface area (Å²) >= 11 is 1.47. The highest BCUT2D eigenvalue weighted by atomic mass is 32.2. The number of hydrogen-bond acceptors (Lipinski definition) is 4. The number of carboxylic acid groups (broad SMARTS) is 1. The number of carbonyl (C=O) groups excluding carboxylic acids is 1. The third kappa shape index (κ3) is 2.49. The van der Waals surface area contributed by atoms with E-state index in [2.05, 4.69) is 0 Å². The topological polar surface area (TPSA) is 83.6 Å². The largest absolute Gasteiger partial charge is 0.480 e. The number of carbonyl (C=O) groups is 2. The van der Waals surface area contributed by atoms with Crippen molar-refractivity contribution in [3.8, 4) is 0 Å². The Balaban J connectivity index is 2.83. The van der Waals surface area contributed by atoms with E-state index < -0.39 is 18.1 Å². The first-order valence-corrected chi connectivity index (χ1v) is 6.33. The lowest BCUT2D eigenvalue weighted by Gasteiger charge is -2.29. The van der Waals surface area contributed by atoms with Crippen LogP contribution in [0.1, 0.15) is 20.8 Å². The molecular formula is C10H18N2O3S. The lowest BCUT2D eigenvalue weighted by Crippen LogP contribution is -2.53. The molecule has 0 radical (unpaired) electrons. The molecule has 1 heterocycles. The molecule has 3 atom stereocenters. The number of carboxylic acids is 1. The summed E-state index contributed by atoms with van der Waals surface area (Å²) in [6.07, 6.45) is 0. The molecule has 1 fully saturated rings. The van der Waals surface area contributed by atoms with Crippen LogP contribution >= 0.6 is 11.8 Å². The highest BCUT2D eigenvalue weighted by Gasteiger charge is 2.41. The van der Waals surface area contributed by atoms with E-state index in [1.807, 2.05) is 20.8 Å². The minimum Gasteiger partial charge on any atom is -0.480 e. The fourth-order valence-corrected chi connectivity index (χ4v) is 2.80. The molecule has 0 saturated carbocycles. The number of nitrogens with two attached hydrogens (primary N) is 1. The van der Waals surface area contributed by atoms with Crippen LogP contribution < -0.4 is 5.73 Å². The Labute approximate surface area is 99.4 Å². The van der Waals surface area contributed by atoms with E-state index in [0.29, 0.717) is 5.75 Å². The SMILES string of the molecule is CC(C)C(N)C(=O)N1C(C)SCC1C(=O)O. The van der Waals surface area contributed by atoms with Crippen molar-refractivity contribution in [2.75, 3.05) is 5.75 Å². The van der Waals surface area contributed by atoms with Crippen LogP contribution in [0.2, 0.25) is 0 Å². The molecule has 3 N–H and O–H groups in total. The van der Waals surface area contributed by atoms with E-state index in [9.17, 15) is 9.59 Å². The van der Waals surface area contributed by atoms with Gasteiger partial charge >= 0.3 is 5.97 Å². The Morgan fingerprint density at radius 1 is 1.50 bits per heavy atom. The number of hydrogen-bond donors (Lipinski definition) is 2. The van der Waals surface area contributed by atoms with Gasteiger partial charge in [0.05, 0.1) is 11.4 Å². The average Bonchev–Trinajstić information content (AvgIpc) is 2.57. The van der Waals surface area contributed by atoms with Gasteiger partial charge < -0.3 is 15.7 Å². The summed E-state index contributed by atoms with van der Waals surface area (Å²) < 4.78 is 0. The summed E-state index contributed by atoms with van der Waals surface area (Å²) in [6.45, 7) is 5.54. The molecule has 3 unspecified atom stereocenters. The van der Waals surface area contributed by atoms with E-state index in [1.165, 1.54) is 16.7 Å². The van der Waals surface area contributed by atoms with Crippen LogP contribution in [0.15, 0.2) is 0 Å². The van der Waals surface area contributed by atoms with Crippen molar-refractivity contribution < 1.29 is 14.7 Å². The normalized spacial score (nSPS) is 27.2. The molecular weight excluding hydrogens is 228 g/mol. The zero-order valence-corrected chi connectivity index (χ0v) is 10.5. The van der Waals surface area contributed by atoms with Gasteiger partial charge in [-0.25, -0.2) is 4.79 Å². The summed E-state index contributed by atoms with van der Waals surface area (Å²) in [7, 11) is 0. The minimum absolute atomic E-state index is 0.0137. The molecule has 0 spiro atoms. The predicted octanol–water partition coefficient (Wildman–Crippen LogP) is 0.344. The van der Waals surface area contributed by atoms with E-state index in [1.54, 1.807) is 0 Å². The Morgan fingerprint density at radius 2 is 2.06 bits per heavy atom. The highest BCUT2D eigenvalue weighted by molar-refractivity contribution is 8.00. The predicted molar refractivity (Wildman–Crippen MR) is 63.0 cm³/mol. The first kappa shape index (κ1) is 13.3. The lowest BCUT2D eigenvalue weighted by atomic mass is 10.0. The van der Waals surface area contributed by atoms with E-state index >= 15 is 0 Å². The van der Waals surface area contributed by atoms with Crippen LogP contribution in [0, 0.1) is 5.92 Å². The van der Waals surface area contributed by atoms with Crippen molar-refractivity contribution in [1.29, 1.82) is 0 Å². The molecule has 0 bridgehead atoms. The number of nitrogens with zero attached hydrogens (tertiary/aromatic N) is 1. The van der Waals surface area contributed by atoms with Gasteiger partial charge in [0, 0.05) is 5.75 Å². The summed E-state index contributed by atoms with van der Waals surface area (Å²) in [5.41, 5.74) is 5.77. The van der Waals surface area contributed by atoms with Gasteiger partial charge in [0.25, 0.3) is 0 Å². The second-order valence-electron chi connectivity index (χ2n) is 4.30. The number of aliphatic carboxylic acids is 1. The maximum atomic E-state index is 12.0. The van der Waals surface area contributed by atoms with Gasteiger partial charge in [-0.15, -0.1) is 11.8 Å². The van der Waals surface area contributed by atoms with Crippen molar-refractivity contribution in [3.05, 3.63) is 0 Å². The Morgan fingerprint density at radius 3 is 2.50 bits per heavy atom. The van der Waals surface area contributed by atoms with Crippen molar-refractivity contribution in [2.24, 2.45) is 11.7 Å². The Bertz CT molecular complexity index is 296. The third-order valence-corrected chi connectivity index (χ3v) is 3.98. The summed E-state index contributed by atoms with van der Waals surface area (Å²) in [5, 5.41) is 8.91. The van der Waals surface area contributed by atoms with Crippen LogP contribution in [0.25, 0.3) is 0 Å². The van der Waals surface area contributed by atoms with Gasteiger partial charge in [0.15, 0.2) is 0 Å². The van der Waals surface area contributed by atoms with Crippen LogP contribution in [0.3, 0.4) is 0 Å². The zero-order valence-electron chi connectivity index (χ0n) is 9.71. The standard InChI is InChI=1S/C10H18N2O3S/c1-5(2)8(11)9(13)12-6(3)16-4-7(12)10(14)15/h5-8H,4,11H2,1-3H3,(H,14,15). The van der Waals surface area contributed by atoms with E-state index in [0.717, 1.165) is 0 Å². The third-order valence-electron chi connectivity index (χ3n) is 2.77. The number of rotatable bonds is 3. The fourth-order valence-electron chi connectivity index (χ4n) is 1.62. The van der Waals surface area contributed by atoms with Gasteiger partial charge in [-0.1, -0.05) is 13.8 Å². The minimum atomic E-state index is -0.957. The molecule has 5 nitrogen and oxygen atoms in total. The zero-order chi connectivity index (χ0) is 12.5. The van der Waals surface area contributed by atoms with E-state index in [-0.39, 0.29) is 17.2 Å². The van der Waals surface area contributed by atoms with Gasteiger partial charge in [0.1, 0.15) is 6.04 Å². The molecule has 0 aromatic rings. The maximum absolute atomic E-state index is 12.0. The van der Waals surface area contributed by atoms with Crippen LogP contribution in [-0.2, 0) is 9.59 Å². The van der Waals surface area contributed by atoms with Crippen molar-refractivity contribution >= 4 is 23.6 Å². The molecule has 1 saturated heterocycles. The first-order valence-electron chi connectivity index (χ1n) is 5.28. The molecule has 16 heavy (non-hydrogen) atoms. The quantitative estimate of drug-likeness (QED) is 0.750. The van der Waals surface area contributed by atoms with Crippen molar-refractivity contribution in [2.45, 2.75) is 38.2 Å². The summed E-state index contributed by atoms with van der Waals surface area (Å²) in [6, 6.07) is -1.36. The molecule has 1 rings (SSSR count). The summed E-state index contributed by atoms with van der Waals surface area (Å²) in [4.78, 5) is 24.4. The molecule has 0 aromatic heterocycles. The first-order chi connectivity index (χ1) is 7.36. The molecule has 1 aliphatic rings. The van der Waals surface area contributed by atoms with Crippen LogP contribution in [-0.4, -0.2) is 45.1 Å². The number of amides is 1. The molecule has 0 aliphatic carbocycles. The van der Waals surface area contributed by atoms with Crippen LogP contribution in [0.4, 0.5) is 0 Å². The van der Waals surface area contributed by atoms with Gasteiger partial charge in [-0.3, -0.25) is 4.79 Å². The smallest absolute Gasteiger partial charge is 0.327 e. The molecule has 0 aromatic carbocycles. The van der Waals surface area contributed by atoms with Crippen LogP contribution in [0.5, 0.6) is 0 Å². The van der Waals surface area contributed by atoms with Gasteiger partial charge in [0.2, 0.25) is 5.91 Å². The van der Waals surface area contributed by atoms with E-state index in [4.69, 9.17) is 10.8 Å². The van der Waals surface area contributed by atoms with Gasteiger partial charge in [-0.2, -0.15) is 0 Å². The molecule has 1 aliphatic heterocycles. The molecule has 6 heteroatoms. The maximum Gasteiger partial charge on any atom is 0.327 e. The Kier molecular flexibility index (Phi) is 4.21. The fraction of sp³-hybridized carbons (Fsp3) is 0.800. The Hall–Kier alpha value is -0.750. The lowest BCUT2D eigenvalue weighted by molar-refractivity contribution is -0.149.